The van der Waals surface area contributed by atoms with Crippen molar-refractivity contribution in [3.8, 4) is 11.5 Å². The summed E-state index contributed by atoms with van der Waals surface area (Å²) in [6, 6.07) is 6.25. The van der Waals surface area contributed by atoms with Crippen LogP contribution in [0.4, 0.5) is 0 Å². The minimum Gasteiger partial charge on any atom is -0.491 e. The van der Waals surface area contributed by atoms with Crippen LogP contribution in [0.5, 0.6) is 11.5 Å². The maximum atomic E-state index is 6.20. The molecule has 5 heteroatoms. The van der Waals surface area contributed by atoms with E-state index >= 15 is 0 Å². The Kier molecular flexibility index (Phi) is 8.08. The molecule has 0 aromatic heterocycles. The highest BCUT2D eigenvalue weighted by atomic mass is 16.5. The van der Waals surface area contributed by atoms with Crippen LogP contribution in [0.1, 0.15) is 63.4 Å². The summed E-state index contributed by atoms with van der Waals surface area (Å²) in [7, 11) is 0. The largest absolute Gasteiger partial charge is 0.491 e. The van der Waals surface area contributed by atoms with Crippen molar-refractivity contribution < 1.29 is 18.9 Å². The van der Waals surface area contributed by atoms with E-state index in [0.717, 1.165) is 69.4 Å². The molecule has 3 fully saturated rings. The fourth-order valence-corrected chi connectivity index (χ4v) is 4.63. The molecule has 2 saturated heterocycles. The summed E-state index contributed by atoms with van der Waals surface area (Å²) in [5, 5.41) is 3.66. The minimum absolute atomic E-state index is 0.217. The van der Waals surface area contributed by atoms with Crippen molar-refractivity contribution in [1.29, 1.82) is 0 Å². The quantitative estimate of drug-likeness (QED) is 0.624. The Balaban J connectivity index is 1.33. The summed E-state index contributed by atoms with van der Waals surface area (Å²) in [5.41, 5.74) is 1.20. The first-order valence-electron chi connectivity index (χ1n) is 11.7. The molecule has 0 spiro atoms. The fraction of sp³-hybridized carbons (Fsp3) is 0.750. The number of hydrogen-bond donors (Lipinski definition) is 1. The van der Waals surface area contributed by atoms with Crippen molar-refractivity contribution in [2.45, 2.75) is 76.5 Å². The van der Waals surface area contributed by atoms with Gasteiger partial charge >= 0.3 is 0 Å². The minimum atomic E-state index is 0.217. The van der Waals surface area contributed by atoms with Crippen LogP contribution in [0.25, 0.3) is 0 Å². The first-order chi connectivity index (χ1) is 14.4. The molecule has 1 aromatic carbocycles. The fourth-order valence-electron chi connectivity index (χ4n) is 4.63. The molecule has 29 heavy (non-hydrogen) atoms. The van der Waals surface area contributed by atoms with Crippen molar-refractivity contribution in [2.24, 2.45) is 5.92 Å². The third-order valence-electron chi connectivity index (χ3n) is 6.42. The Morgan fingerprint density at radius 1 is 0.828 bits per heavy atom. The SMILES string of the molecule is c1cc(CNCC2CCCCC2)c(OCC2CCCO2)cc1OCC1CCCO1. The van der Waals surface area contributed by atoms with Crippen LogP contribution >= 0.6 is 0 Å². The van der Waals surface area contributed by atoms with E-state index in [1.54, 1.807) is 0 Å². The molecular formula is C24H37NO4. The predicted molar refractivity (Wildman–Crippen MR) is 114 cm³/mol. The average molecular weight is 404 g/mol. The Morgan fingerprint density at radius 3 is 2.24 bits per heavy atom. The van der Waals surface area contributed by atoms with E-state index in [1.165, 1.54) is 37.7 Å². The second kappa shape index (κ2) is 11.2. The zero-order chi connectivity index (χ0) is 19.7. The number of benzene rings is 1. The lowest BCUT2D eigenvalue weighted by atomic mass is 9.89. The van der Waals surface area contributed by atoms with Crippen LogP contribution in [-0.4, -0.2) is 45.2 Å². The average Bonchev–Trinajstić information content (AvgIpc) is 3.47. The Bertz CT molecular complexity index is 605. The molecule has 0 amide bonds. The molecule has 2 aliphatic heterocycles. The van der Waals surface area contributed by atoms with Crippen LogP contribution in [0.2, 0.25) is 0 Å². The summed E-state index contributed by atoms with van der Waals surface area (Å²) in [4.78, 5) is 0. The van der Waals surface area contributed by atoms with E-state index in [0.29, 0.717) is 13.2 Å². The summed E-state index contributed by atoms with van der Waals surface area (Å²) >= 11 is 0. The van der Waals surface area contributed by atoms with Gasteiger partial charge in [-0.1, -0.05) is 25.3 Å². The molecule has 1 N–H and O–H groups in total. The van der Waals surface area contributed by atoms with Crippen molar-refractivity contribution in [1.82, 2.24) is 5.32 Å². The van der Waals surface area contributed by atoms with Gasteiger partial charge in [0.25, 0.3) is 0 Å². The first-order valence-corrected chi connectivity index (χ1v) is 11.7. The van der Waals surface area contributed by atoms with E-state index in [-0.39, 0.29) is 12.2 Å². The van der Waals surface area contributed by atoms with Gasteiger partial charge in [-0.3, -0.25) is 0 Å². The van der Waals surface area contributed by atoms with Crippen molar-refractivity contribution in [3.05, 3.63) is 23.8 Å². The smallest absolute Gasteiger partial charge is 0.127 e. The van der Waals surface area contributed by atoms with Gasteiger partial charge < -0.3 is 24.3 Å². The first kappa shape index (κ1) is 21.0. The molecule has 2 unspecified atom stereocenters. The van der Waals surface area contributed by atoms with Crippen LogP contribution in [0.15, 0.2) is 18.2 Å². The highest BCUT2D eigenvalue weighted by Crippen LogP contribution is 2.28. The second-order valence-corrected chi connectivity index (χ2v) is 8.80. The third-order valence-corrected chi connectivity index (χ3v) is 6.42. The van der Waals surface area contributed by atoms with E-state index in [9.17, 15) is 0 Å². The van der Waals surface area contributed by atoms with E-state index in [2.05, 4.69) is 17.4 Å². The summed E-state index contributed by atoms with van der Waals surface area (Å²) in [5.74, 6) is 2.61. The second-order valence-electron chi connectivity index (χ2n) is 8.80. The van der Waals surface area contributed by atoms with Crippen LogP contribution in [-0.2, 0) is 16.0 Å². The maximum absolute atomic E-state index is 6.20. The standard InChI is InChI=1S/C24H37NO4/c1-2-6-19(7-3-1)15-25-16-20-10-11-21(28-17-22-8-4-12-26-22)14-24(20)29-18-23-9-5-13-27-23/h10-11,14,19,22-23,25H,1-9,12-13,15-18H2. The normalized spacial score (nSPS) is 25.4. The zero-order valence-corrected chi connectivity index (χ0v) is 17.7. The van der Waals surface area contributed by atoms with E-state index < -0.39 is 0 Å². The number of ether oxygens (including phenoxy) is 4. The molecule has 1 saturated carbocycles. The lowest BCUT2D eigenvalue weighted by Gasteiger charge is -2.22. The van der Waals surface area contributed by atoms with Gasteiger partial charge in [-0.15, -0.1) is 0 Å². The van der Waals surface area contributed by atoms with Gasteiger partial charge in [0, 0.05) is 31.4 Å². The van der Waals surface area contributed by atoms with Gasteiger partial charge in [-0.05, 0) is 57.1 Å². The van der Waals surface area contributed by atoms with Gasteiger partial charge in [-0.25, -0.2) is 0 Å². The highest BCUT2D eigenvalue weighted by Gasteiger charge is 2.19. The summed E-state index contributed by atoms with van der Waals surface area (Å²) in [6.45, 7) is 4.88. The molecule has 2 atom stereocenters. The monoisotopic (exact) mass is 403 g/mol. The van der Waals surface area contributed by atoms with Gasteiger partial charge in [0.2, 0.25) is 0 Å². The van der Waals surface area contributed by atoms with E-state index in [1.807, 2.05) is 6.07 Å². The zero-order valence-electron chi connectivity index (χ0n) is 17.7. The highest BCUT2D eigenvalue weighted by molar-refractivity contribution is 5.41. The molecule has 1 aromatic rings. The van der Waals surface area contributed by atoms with Gasteiger partial charge in [0.15, 0.2) is 0 Å². The third kappa shape index (κ3) is 6.59. The molecular weight excluding hydrogens is 366 g/mol. The summed E-state index contributed by atoms with van der Waals surface area (Å²) < 4.78 is 23.6. The maximum Gasteiger partial charge on any atom is 0.127 e. The molecule has 3 aliphatic rings. The van der Waals surface area contributed by atoms with Crippen molar-refractivity contribution >= 4 is 0 Å². The van der Waals surface area contributed by atoms with Crippen LogP contribution in [0, 0.1) is 5.92 Å². The van der Waals surface area contributed by atoms with Crippen LogP contribution < -0.4 is 14.8 Å². The van der Waals surface area contributed by atoms with Crippen molar-refractivity contribution in [2.75, 3.05) is 33.0 Å². The topological polar surface area (TPSA) is 49.0 Å². The summed E-state index contributed by atoms with van der Waals surface area (Å²) in [6.07, 6.45) is 11.8. The van der Waals surface area contributed by atoms with Gasteiger partial charge in [0.1, 0.15) is 24.7 Å². The van der Waals surface area contributed by atoms with Gasteiger partial charge in [-0.2, -0.15) is 0 Å². The molecule has 0 bridgehead atoms. The van der Waals surface area contributed by atoms with Gasteiger partial charge in [0.05, 0.1) is 12.2 Å². The Morgan fingerprint density at radius 2 is 1.55 bits per heavy atom. The number of rotatable bonds is 10. The molecule has 5 nitrogen and oxygen atoms in total. The lowest BCUT2D eigenvalue weighted by Crippen LogP contribution is -2.24. The Hall–Kier alpha value is -1.30. The Labute approximate surface area is 175 Å². The lowest BCUT2D eigenvalue weighted by molar-refractivity contribution is 0.0652. The molecule has 2 heterocycles. The molecule has 0 radical (unpaired) electrons. The van der Waals surface area contributed by atoms with E-state index in [4.69, 9.17) is 18.9 Å². The van der Waals surface area contributed by atoms with Crippen molar-refractivity contribution in [3.63, 3.8) is 0 Å². The molecule has 4 rings (SSSR count). The number of hydrogen-bond acceptors (Lipinski definition) is 5. The molecule has 162 valence electrons. The number of nitrogens with one attached hydrogen (secondary N) is 1. The molecule has 1 aliphatic carbocycles. The predicted octanol–water partition coefficient (Wildman–Crippen LogP) is 4.47. The van der Waals surface area contributed by atoms with Crippen LogP contribution in [0.3, 0.4) is 0 Å².